The third-order valence-corrected chi connectivity index (χ3v) is 4.95. The number of amides is 2. The molecule has 144 valence electrons. The zero-order valence-corrected chi connectivity index (χ0v) is 15.8. The Bertz CT molecular complexity index is 1040. The first-order valence-corrected chi connectivity index (χ1v) is 8.89. The smallest absolute Gasteiger partial charge is 0.341 e. The number of aromatic hydroxyl groups is 1. The van der Waals surface area contributed by atoms with Crippen molar-refractivity contribution in [2.45, 2.75) is 6.92 Å². The topological polar surface area (TPSA) is 118 Å². The van der Waals surface area contributed by atoms with Crippen LogP contribution >= 0.6 is 11.3 Å². The first kappa shape index (κ1) is 19.2. The number of hydrogen-bond acceptors (Lipinski definition) is 7. The van der Waals surface area contributed by atoms with Crippen molar-refractivity contribution >= 4 is 39.8 Å². The SMILES string of the molecule is COC(=O)c1cccc(NC(=O)c2sc(NC(=O)c3ccco3)cc2C)c1O. The molecule has 3 N–H and O–H groups in total. The van der Waals surface area contributed by atoms with E-state index in [2.05, 4.69) is 15.4 Å². The number of hydrogen-bond donors (Lipinski definition) is 3. The molecule has 2 aromatic heterocycles. The van der Waals surface area contributed by atoms with Crippen LogP contribution in [0.3, 0.4) is 0 Å². The van der Waals surface area contributed by atoms with Crippen molar-refractivity contribution in [3.8, 4) is 5.75 Å². The minimum Gasteiger partial charge on any atom is -0.505 e. The molecule has 0 saturated heterocycles. The van der Waals surface area contributed by atoms with Gasteiger partial charge in [0.15, 0.2) is 11.5 Å². The fourth-order valence-electron chi connectivity index (χ4n) is 2.45. The lowest BCUT2D eigenvalue weighted by molar-refractivity contribution is 0.0597. The van der Waals surface area contributed by atoms with E-state index in [-0.39, 0.29) is 22.8 Å². The van der Waals surface area contributed by atoms with Crippen LogP contribution in [-0.2, 0) is 4.74 Å². The molecule has 0 atom stereocenters. The molecule has 2 heterocycles. The molecule has 0 spiro atoms. The first-order chi connectivity index (χ1) is 13.4. The quantitative estimate of drug-likeness (QED) is 0.444. The molecule has 0 aliphatic carbocycles. The Labute approximate surface area is 163 Å². The molecule has 0 radical (unpaired) electrons. The van der Waals surface area contributed by atoms with Gasteiger partial charge in [-0.15, -0.1) is 11.3 Å². The number of esters is 1. The van der Waals surface area contributed by atoms with Crippen LogP contribution in [0.25, 0.3) is 0 Å². The summed E-state index contributed by atoms with van der Waals surface area (Å²) in [7, 11) is 1.20. The number of anilines is 2. The maximum Gasteiger partial charge on any atom is 0.341 e. The van der Waals surface area contributed by atoms with Crippen LogP contribution in [-0.4, -0.2) is 30.0 Å². The summed E-state index contributed by atoms with van der Waals surface area (Å²) in [5, 5.41) is 15.9. The number of rotatable bonds is 5. The van der Waals surface area contributed by atoms with Crippen LogP contribution in [0.4, 0.5) is 10.7 Å². The molecule has 2 amide bonds. The van der Waals surface area contributed by atoms with Crippen LogP contribution in [0, 0.1) is 6.92 Å². The molecule has 3 aromatic rings. The Morgan fingerprint density at radius 1 is 1.11 bits per heavy atom. The predicted molar refractivity (Wildman–Crippen MR) is 103 cm³/mol. The van der Waals surface area contributed by atoms with Gasteiger partial charge in [0, 0.05) is 0 Å². The molecule has 0 aliphatic heterocycles. The van der Waals surface area contributed by atoms with E-state index in [1.54, 1.807) is 19.1 Å². The van der Waals surface area contributed by atoms with Crippen molar-refractivity contribution in [1.29, 1.82) is 0 Å². The monoisotopic (exact) mass is 400 g/mol. The summed E-state index contributed by atoms with van der Waals surface area (Å²) in [5.74, 6) is -1.87. The maximum absolute atomic E-state index is 12.6. The molecule has 0 bridgehead atoms. The van der Waals surface area contributed by atoms with E-state index in [0.29, 0.717) is 15.4 Å². The highest BCUT2D eigenvalue weighted by atomic mass is 32.1. The summed E-state index contributed by atoms with van der Waals surface area (Å²) in [6, 6.07) is 9.14. The van der Waals surface area contributed by atoms with Gasteiger partial charge < -0.3 is 24.9 Å². The Morgan fingerprint density at radius 2 is 1.89 bits per heavy atom. The number of ether oxygens (including phenoxy) is 1. The van der Waals surface area contributed by atoms with E-state index in [4.69, 9.17) is 4.42 Å². The van der Waals surface area contributed by atoms with Crippen LogP contribution in [0.2, 0.25) is 0 Å². The number of phenolic OH excluding ortho intramolecular Hbond substituents is 1. The maximum atomic E-state index is 12.6. The van der Waals surface area contributed by atoms with E-state index in [0.717, 1.165) is 11.3 Å². The van der Waals surface area contributed by atoms with Crippen LogP contribution in [0.15, 0.2) is 47.1 Å². The summed E-state index contributed by atoms with van der Waals surface area (Å²) in [6.45, 7) is 1.72. The van der Waals surface area contributed by atoms with Gasteiger partial charge in [-0.3, -0.25) is 9.59 Å². The molecule has 0 saturated carbocycles. The number of furan rings is 1. The molecule has 28 heavy (non-hydrogen) atoms. The standard InChI is InChI=1S/C19H16N2O6S/c1-10-9-14(21-17(23)13-7-4-8-27-13)28-16(10)18(24)20-12-6-3-5-11(15(12)22)19(25)26-2/h3-9,22H,1-2H3,(H,20,24)(H,21,23). The lowest BCUT2D eigenvalue weighted by Gasteiger charge is -2.09. The van der Waals surface area contributed by atoms with Gasteiger partial charge in [-0.25, -0.2) is 4.79 Å². The number of nitrogens with one attached hydrogen (secondary N) is 2. The third kappa shape index (κ3) is 3.89. The number of phenols is 1. The third-order valence-electron chi connectivity index (χ3n) is 3.80. The lowest BCUT2D eigenvalue weighted by Crippen LogP contribution is -2.12. The average Bonchev–Trinajstić information content (AvgIpc) is 3.32. The summed E-state index contributed by atoms with van der Waals surface area (Å²) in [6.07, 6.45) is 1.39. The minimum absolute atomic E-state index is 0.0606. The van der Waals surface area contributed by atoms with Crippen molar-refractivity contribution in [3.63, 3.8) is 0 Å². The van der Waals surface area contributed by atoms with E-state index < -0.39 is 17.8 Å². The van der Waals surface area contributed by atoms with E-state index in [1.165, 1.54) is 37.6 Å². The predicted octanol–water partition coefficient (Wildman–Crippen LogP) is 3.65. The summed E-state index contributed by atoms with van der Waals surface area (Å²) in [5.41, 5.74) is 0.650. The number of methoxy groups -OCH3 is 1. The summed E-state index contributed by atoms with van der Waals surface area (Å²) < 4.78 is 9.63. The Balaban J connectivity index is 1.78. The van der Waals surface area contributed by atoms with Crippen LogP contribution in [0.5, 0.6) is 5.75 Å². The Morgan fingerprint density at radius 3 is 2.57 bits per heavy atom. The van der Waals surface area contributed by atoms with E-state index in [1.807, 2.05) is 0 Å². The summed E-state index contributed by atoms with van der Waals surface area (Å²) >= 11 is 1.07. The molecule has 0 unspecified atom stereocenters. The molecular weight excluding hydrogens is 384 g/mol. The van der Waals surface area contributed by atoms with Crippen molar-refractivity contribution in [3.05, 3.63) is 64.4 Å². The van der Waals surface area contributed by atoms with Crippen molar-refractivity contribution in [2.75, 3.05) is 17.7 Å². The van der Waals surface area contributed by atoms with Crippen LogP contribution < -0.4 is 10.6 Å². The molecule has 0 aliphatic rings. The van der Waals surface area contributed by atoms with Gasteiger partial charge in [0.05, 0.1) is 28.9 Å². The van der Waals surface area contributed by atoms with Gasteiger partial charge in [0.1, 0.15) is 5.56 Å². The van der Waals surface area contributed by atoms with Gasteiger partial charge in [-0.1, -0.05) is 6.07 Å². The number of para-hydroxylation sites is 1. The van der Waals surface area contributed by atoms with E-state index in [9.17, 15) is 19.5 Å². The van der Waals surface area contributed by atoms with Gasteiger partial charge in [-0.2, -0.15) is 0 Å². The lowest BCUT2D eigenvalue weighted by atomic mass is 10.1. The zero-order valence-electron chi connectivity index (χ0n) is 14.9. The number of benzene rings is 1. The van der Waals surface area contributed by atoms with E-state index >= 15 is 0 Å². The highest BCUT2D eigenvalue weighted by Gasteiger charge is 2.20. The zero-order chi connectivity index (χ0) is 20.3. The first-order valence-electron chi connectivity index (χ1n) is 8.07. The van der Waals surface area contributed by atoms with Crippen LogP contribution in [0.1, 0.15) is 36.1 Å². The normalized spacial score (nSPS) is 10.4. The van der Waals surface area contributed by atoms with Crippen molar-refractivity contribution in [2.24, 2.45) is 0 Å². The van der Waals surface area contributed by atoms with Crippen molar-refractivity contribution < 1.29 is 28.6 Å². The molecule has 3 rings (SSSR count). The largest absolute Gasteiger partial charge is 0.505 e. The Hall–Kier alpha value is -3.59. The second-order valence-corrected chi connectivity index (χ2v) is 6.75. The Kier molecular flexibility index (Phi) is 5.46. The fourth-order valence-corrected chi connectivity index (χ4v) is 3.41. The summed E-state index contributed by atoms with van der Waals surface area (Å²) in [4.78, 5) is 36.7. The molecule has 1 aromatic carbocycles. The average molecular weight is 400 g/mol. The minimum atomic E-state index is -0.719. The fraction of sp³-hybridized carbons (Fsp3) is 0.105. The van der Waals surface area contributed by atoms with Gasteiger partial charge in [0.2, 0.25) is 0 Å². The van der Waals surface area contributed by atoms with Gasteiger partial charge in [0.25, 0.3) is 11.8 Å². The molecular formula is C19H16N2O6S. The van der Waals surface area contributed by atoms with Gasteiger partial charge >= 0.3 is 5.97 Å². The number of carbonyl (C=O) groups is 3. The highest BCUT2D eigenvalue weighted by molar-refractivity contribution is 7.18. The second kappa shape index (κ2) is 7.97. The molecule has 8 nitrogen and oxygen atoms in total. The van der Waals surface area contributed by atoms with Gasteiger partial charge in [-0.05, 0) is 42.8 Å². The van der Waals surface area contributed by atoms with Crippen molar-refractivity contribution in [1.82, 2.24) is 0 Å². The molecule has 0 fully saturated rings. The number of carbonyl (C=O) groups excluding carboxylic acids is 3. The highest BCUT2D eigenvalue weighted by Crippen LogP contribution is 2.31. The molecule has 9 heteroatoms. The second-order valence-electron chi connectivity index (χ2n) is 5.70. The number of aryl methyl sites for hydroxylation is 1. The number of thiophene rings is 1.